The highest BCUT2D eigenvalue weighted by Crippen LogP contribution is 2.40. The molecular formula is C21H23N5O2. The molecule has 2 aromatic heterocycles. The molecule has 1 aliphatic carbocycles. The average Bonchev–Trinajstić information content (AvgIpc) is 3.11. The Morgan fingerprint density at radius 1 is 1.21 bits per heavy atom. The SMILES string of the molecule is Cn1cc([C@H]2CNC[C@@H]2C(=O)Nc2ccc(-c3cnc(C4CC4)o3)cc2)cn1. The van der Waals surface area contributed by atoms with E-state index in [0.717, 1.165) is 35.0 Å². The standard InChI is InChI=1S/C21H23N5O2/c1-26-12-15(8-24-26)17-9-22-10-18(17)20(27)25-16-6-4-13(5-7-16)19-11-23-21(28-19)14-2-3-14/h4-8,11-12,14,17-18,22H,2-3,9-10H2,1H3,(H,25,27)/t17-,18+/m1/s1. The third kappa shape index (κ3) is 3.33. The fourth-order valence-corrected chi connectivity index (χ4v) is 3.83. The largest absolute Gasteiger partial charge is 0.440 e. The number of rotatable bonds is 5. The van der Waals surface area contributed by atoms with Crippen molar-refractivity contribution in [2.45, 2.75) is 24.7 Å². The number of hydrogen-bond acceptors (Lipinski definition) is 5. The van der Waals surface area contributed by atoms with E-state index in [1.165, 1.54) is 12.8 Å². The summed E-state index contributed by atoms with van der Waals surface area (Å²) in [5.41, 5.74) is 2.85. The maximum absolute atomic E-state index is 12.8. The van der Waals surface area contributed by atoms with Crippen molar-refractivity contribution in [3.8, 4) is 11.3 Å². The predicted molar refractivity (Wildman–Crippen MR) is 105 cm³/mol. The first kappa shape index (κ1) is 17.2. The Kier molecular flexibility index (Phi) is 4.24. The van der Waals surface area contributed by atoms with Gasteiger partial charge in [0, 0.05) is 49.4 Å². The lowest BCUT2D eigenvalue weighted by atomic mass is 9.90. The van der Waals surface area contributed by atoms with Crippen molar-refractivity contribution in [1.29, 1.82) is 0 Å². The Bertz CT molecular complexity index is 986. The number of aryl methyl sites for hydroxylation is 1. The number of anilines is 1. The number of hydrogen-bond donors (Lipinski definition) is 2. The molecule has 2 aliphatic rings. The van der Waals surface area contributed by atoms with E-state index in [0.29, 0.717) is 12.5 Å². The van der Waals surface area contributed by atoms with Gasteiger partial charge in [0.25, 0.3) is 0 Å². The van der Waals surface area contributed by atoms with Gasteiger partial charge < -0.3 is 15.1 Å². The molecule has 3 heterocycles. The zero-order chi connectivity index (χ0) is 19.1. The molecule has 2 N–H and O–H groups in total. The van der Waals surface area contributed by atoms with Crippen LogP contribution in [0.3, 0.4) is 0 Å². The minimum atomic E-state index is -0.112. The molecular weight excluding hydrogens is 354 g/mol. The number of nitrogens with zero attached hydrogens (tertiary/aromatic N) is 3. The molecule has 28 heavy (non-hydrogen) atoms. The van der Waals surface area contributed by atoms with Crippen LogP contribution in [0.25, 0.3) is 11.3 Å². The Balaban J connectivity index is 1.26. The Hall–Kier alpha value is -2.93. The number of amides is 1. The van der Waals surface area contributed by atoms with Gasteiger partial charge >= 0.3 is 0 Å². The summed E-state index contributed by atoms with van der Waals surface area (Å²) >= 11 is 0. The zero-order valence-electron chi connectivity index (χ0n) is 15.8. The number of carbonyl (C=O) groups is 1. The molecule has 0 radical (unpaired) electrons. The molecule has 1 saturated carbocycles. The Morgan fingerprint density at radius 2 is 2.04 bits per heavy atom. The maximum Gasteiger partial charge on any atom is 0.229 e. The van der Waals surface area contributed by atoms with Crippen LogP contribution in [0.2, 0.25) is 0 Å². The molecule has 0 bridgehead atoms. The van der Waals surface area contributed by atoms with Gasteiger partial charge in [0.1, 0.15) is 0 Å². The lowest BCUT2D eigenvalue weighted by Crippen LogP contribution is -2.28. The normalized spacial score (nSPS) is 21.8. The summed E-state index contributed by atoms with van der Waals surface area (Å²) in [5.74, 6) is 2.17. The van der Waals surface area contributed by atoms with Gasteiger partial charge in [0.05, 0.1) is 18.3 Å². The van der Waals surface area contributed by atoms with E-state index in [9.17, 15) is 4.79 Å². The highest BCUT2D eigenvalue weighted by molar-refractivity contribution is 5.93. The van der Waals surface area contributed by atoms with Crippen molar-refractivity contribution in [3.63, 3.8) is 0 Å². The van der Waals surface area contributed by atoms with Crippen molar-refractivity contribution >= 4 is 11.6 Å². The monoisotopic (exact) mass is 377 g/mol. The van der Waals surface area contributed by atoms with Gasteiger partial charge in [-0.3, -0.25) is 9.48 Å². The van der Waals surface area contributed by atoms with E-state index >= 15 is 0 Å². The van der Waals surface area contributed by atoms with Crippen LogP contribution in [0.1, 0.15) is 36.1 Å². The van der Waals surface area contributed by atoms with E-state index in [4.69, 9.17) is 4.42 Å². The Morgan fingerprint density at radius 3 is 2.75 bits per heavy atom. The quantitative estimate of drug-likeness (QED) is 0.714. The van der Waals surface area contributed by atoms with Crippen LogP contribution in [0.4, 0.5) is 5.69 Å². The van der Waals surface area contributed by atoms with Gasteiger partial charge in [-0.05, 0) is 42.7 Å². The summed E-state index contributed by atoms with van der Waals surface area (Å²) in [7, 11) is 1.89. The first-order chi connectivity index (χ1) is 13.7. The highest BCUT2D eigenvalue weighted by atomic mass is 16.4. The van der Waals surface area contributed by atoms with Crippen LogP contribution in [-0.2, 0) is 11.8 Å². The van der Waals surface area contributed by atoms with E-state index in [1.54, 1.807) is 10.9 Å². The minimum Gasteiger partial charge on any atom is -0.440 e. The average molecular weight is 377 g/mol. The second-order valence-electron chi connectivity index (χ2n) is 7.72. The summed E-state index contributed by atoms with van der Waals surface area (Å²) in [6.45, 7) is 1.46. The van der Waals surface area contributed by atoms with Crippen molar-refractivity contribution in [1.82, 2.24) is 20.1 Å². The number of carbonyl (C=O) groups excluding carboxylic acids is 1. The van der Waals surface area contributed by atoms with Gasteiger partial charge in [-0.25, -0.2) is 4.98 Å². The molecule has 1 aliphatic heterocycles. The van der Waals surface area contributed by atoms with Gasteiger partial charge in [0.2, 0.25) is 5.91 Å². The number of oxazole rings is 1. The number of aromatic nitrogens is 3. The molecule has 1 saturated heterocycles. The van der Waals surface area contributed by atoms with Crippen LogP contribution < -0.4 is 10.6 Å². The fourth-order valence-electron chi connectivity index (χ4n) is 3.83. The smallest absolute Gasteiger partial charge is 0.229 e. The van der Waals surface area contributed by atoms with Crippen LogP contribution in [0, 0.1) is 5.92 Å². The van der Waals surface area contributed by atoms with E-state index < -0.39 is 0 Å². The Labute approximate surface area is 163 Å². The molecule has 0 unspecified atom stereocenters. The van der Waals surface area contributed by atoms with E-state index in [1.807, 2.05) is 43.7 Å². The van der Waals surface area contributed by atoms with Crippen LogP contribution in [-0.4, -0.2) is 33.8 Å². The second-order valence-corrected chi connectivity index (χ2v) is 7.72. The first-order valence-corrected chi connectivity index (χ1v) is 9.73. The summed E-state index contributed by atoms with van der Waals surface area (Å²) in [5, 5.41) is 10.6. The molecule has 2 fully saturated rings. The predicted octanol–water partition coefficient (Wildman–Crippen LogP) is 2.89. The van der Waals surface area contributed by atoms with E-state index in [2.05, 4.69) is 20.7 Å². The zero-order valence-corrected chi connectivity index (χ0v) is 15.8. The fraction of sp³-hybridized carbons (Fsp3) is 0.381. The van der Waals surface area contributed by atoms with Crippen molar-refractivity contribution in [2.75, 3.05) is 18.4 Å². The third-order valence-corrected chi connectivity index (χ3v) is 5.59. The first-order valence-electron chi connectivity index (χ1n) is 9.73. The molecule has 5 rings (SSSR count). The minimum absolute atomic E-state index is 0.0299. The lowest BCUT2D eigenvalue weighted by Gasteiger charge is -2.17. The summed E-state index contributed by atoms with van der Waals surface area (Å²) < 4.78 is 7.62. The summed E-state index contributed by atoms with van der Waals surface area (Å²) in [4.78, 5) is 17.2. The van der Waals surface area contributed by atoms with Gasteiger partial charge in [-0.1, -0.05) is 0 Å². The van der Waals surface area contributed by atoms with Crippen molar-refractivity contribution < 1.29 is 9.21 Å². The van der Waals surface area contributed by atoms with Crippen LogP contribution >= 0.6 is 0 Å². The van der Waals surface area contributed by atoms with Gasteiger partial charge in [0.15, 0.2) is 11.7 Å². The molecule has 3 aromatic rings. The molecule has 1 amide bonds. The summed E-state index contributed by atoms with van der Waals surface area (Å²) in [6.07, 6.45) is 7.95. The van der Waals surface area contributed by atoms with Crippen molar-refractivity contribution in [3.05, 3.63) is 54.3 Å². The van der Waals surface area contributed by atoms with Gasteiger partial charge in [-0.2, -0.15) is 5.10 Å². The maximum atomic E-state index is 12.8. The topological polar surface area (TPSA) is 85.0 Å². The number of nitrogens with one attached hydrogen (secondary N) is 2. The van der Waals surface area contributed by atoms with Crippen LogP contribution in [0.5, 0.6) is 0 Å². The molecule has 2 atom stereocenters. The molecule has 144 valence electrons. The molecule has 7 nitrogen and oxygen atoms in total. The molecule has 7 heteroatoms. The summed E-state index contributed by atoms with van der Waals surface area (Å²) in [6, 6.07) is 7.73. The third-order valence-electron chi connectivity index (χ3n) is 5.59. The highest BCUT2D eigenvalue weighted by Gasteiger charge is 2.34. The number of benzene rings is 1. The second kappa shape index (κ2) is 6.91. The molecule has 0 spiro atoms. The van der Waals surface area contributed by atoms with Gasteiger partial charge in [-0.15, -0.1) is 0 Å². The van der Waals surface area contributed by atoms with Crippen LogP contribution in [0.15, 0.2) is 47.3 Å². The van der Waals surface area contributed by atoms with E-state index in [-0.39, 0.29) is 17.7 Å². The lowest BCUT2D eigenvalue weighted by molar-refractivity contribution is -0.119. The van der Waals surface area contributed by atoms with Crippen molar-refractivity contribution in [2.24, 2.45) is 13.0 Å². The molecule has 1 aromatic carbocycles.